The van der Waals surface area contributed by atoms with Crippen LogP contribution in [0.2, 0.25) is 0 Å². The van der Waals surface area contributed by atoms with Crippen molar-refractivity contribution in [3.8, 4) is 6.07 Å². The summed E-state index contributed by atoms with van der Waals surface area (Å²) in [5, 5.41) is 8.79. The normalized spacial score (nSPS) is 10.6. The zero-order valence-corrected chi connectivity index (χ0v) is 13.5. The van der Waals surface area contributed by atoms with Crippen molar-refractivity contribution in [2.75, 3.05) is 5.75 Å². The molecule has 0 spiro atoms. The number of aromatic nitrogens is 2. The number of imidazole rings is 1. The Bertz CT molecular complexity index is 891. The highest BCUT2D eigenvalue weighted by atomic mass is 32.2. The average molecular weight is 321 g/mol. The van der Waals surface area contributed by atoms with Gasteiger partial charge in [-0.25, -0.2) is 4.98 Å². The van der Waals surface area contributed by atoms with Crippen LogP contribution in [0.3, 0.4) is 0 Å². The number of para-hydroxylation sites is 2. The van der Waals surface area contributed by atoms with Gasteiger partial charge in [-0.3, -0.25) is 9.36 Å². The maximum absolute atomic E-state index is 12.5. The van der Waals surface area contributed by atoms with Crippen LogP contribution in [0, 0.1) is 18.3 Å². The van der Waals surface area contributed by atoms with E-state index in [1.165, 1.54) is 0 Å². The molecule has 5 heteroatoms. The molecule has 0 N–H and O–H groups in total. The van der Waals surface area contributed by atoms with Crippen LogP contribution in [0.25, 0.3) is 11.0 Å². The lowest BCUT2D eigenvalue weighted by molar-refractivity contribution is 0.0944. The lowest BCUT2D eigenvalue weighted by Gasteiger charge is -2.06. The Morgan fingerprint density at radius 2 is 1.96 bits per heavy atom. The smallest absolute Gasteiger partial charge is 0.242 e. The molecular weight excluding hydrogens is 306 g/mol. The Morgan fingerprint density at radius 3 is 2.70 bits per heavy atom. The highest BCUT2D eigenvalue weighted by molar-refractivity contribution is 7.99. The number of nitrogens with zero attached hydrogens (tertiary/aromatic N) is 3. The third-order valence-corrected chi connectivity index (χ3v) is 4.54. The Kier molecular flexibility index (Phi) is 4.45. The fourth-order valence-corrected chi connectivity index (χ4v) is 3.29. The molecule has 0 fully saturated rings. The molecule has 1 aromatic heterocycles. The maximum atomic E-state index is 12.5. The number of thioether (sulfide) groups is 1. The summed E-state index contributed by atoms with van der Waals surface area (Å²) in [5.74, 6) is 1.88. The molecule has 114 valence electrons. The number of carbonyl (C=O) groups excluding carboxylic acids is 1. The van der Waals surface area contributed by atoms with Crippen molar-refractivity contribution < 1.29 is 4.79 Å². The number of benzene rings is 2. The fraction of sp³-hybridized carbons (Fsp3) is 0.167. The summed E-state index contributed by atoms with van der Waals surface area (Å²) >= 11 is 1.56. The minimum absolute atomic E-state index is 0.0369. The zero-order chi connectivity index (χ0) is 16.2. The standard InChI is InChI=1S/C18H15N3OS/c1-13-20-16-4-2-3-5-17(16)21(13)18(22)12-23-11-15-8-6-14(10-19)7-9-15/h2-9H,11-12H2,1H3. The van der Waals surface area contributed by atoms with E-state index in [0.717, 1.165) is 28.2 Å². The Hall–Kier alpha value is -2.58. The molecule has 23 heavy (non-hydrogen) atoms. The number of fused-ring (bicyclic) bond motifs is 1. The molecular formula is C18H15N3OS. The van der Waals surface area contributed by atoms with Crippen LogP contribution >= 0.6 is 11.8 Å². The van der Waals surface area contributed by atoms with Crippen molar-refractivity contribution in [3.63, 3.8) is 0 Å². The van der Waals surface area contributed by atoms with Gasteiger partial charge in [-0.05, 0) is 36.8 Å². The highest BCUT2D eigenvalue weighted by Gasteiger charge is 2.13. The van der Waals surface area contributed by atoms with Gasteiger partial charge in [-0.1, -0.05) is 24.3 Å². The Balaban J connectivity index is 1.67. The van der Waals surface area contributed by atoms with Gasteiger partial charge in [0.15, 0.2) is 0 Å². The summed E-state index contributed by atoms with van der Waals surface area (Å²) in [5.41, 5.74) is 3.45. The second-order valence-corrected chi connectivity index (χ2v) is 6.16. The van der Waals surface area contributed by atoms with Crippen LogP contribution in [-0.4, -0.2) is 21.2 Å². The molecule has 0 amide bonds. The monoisotopic (exact) mass is 321 g/mol. The third-order valence-electron chi connectivity index (χ3n) is 3.56. The van der Waals surface area contributed by atoms with Gasteiger partial charge in [-0.15, -0.1) is 11.8 Å². The summed E-state index contributed by atoms with van der Waals surface area (Å²) in [6.45, 7) is 1.85. The van der Waals surface area contributed by atoms with Crippen LogP contribution in [0.1, 0.15) is 21.7 Å². The van der Waals surface area contributed by atoms with E-state index in [-0.39, 0.29) is 5.91 Å². The first-order valence-electron chi connectivity index (χ1n) is 7.23. The first-order valence-corrected chi connectivity index (χ1v) is 8.38. The number of carbonyl (C=O) groups is 1. The van der Waals surface area contributed by atoms with E-state index in [1.807, 2.05) is 43.3 Å². The van der Waals surface area contributed by atoms with Crippen molar-refractivity contribution in [3.05, 3.63) is 65.5 Å². The van der Waals surface area contributed by atoms with Gasteiger partial charge in [0.05, 0.1) is 28.4 Å². The van der Waals surface area contributed by atoms with E-state index in [4.69, 9.17) is 5.26 Å². The zero-order valence-electron chi connectivity index (χ0n) is 12.7. The number of nitriles is 1. The number of aryl methyl sites for hydroxylation is 1. The molecule has 3 rings (SSSR count). The molecule has 3 aromatic rings. The molecule has 0 saturated heterocycles. The van der Waals surface area contributed by atoms with E-state index in [0.29, 0.717) is 11.3 Å². The van der Waals surface area contributed by atoms with Gasteiger partial charge in [0, 0.05) is 5.75 Å². The molecule has 4 nitrogen and oxygen atoms in total. The summed E-state index contributed by atoms with van der Waals surface area (Å²) in [4.78, 5) is 16.9. The third kappa shape index (κ3) is 3.27. The average Bonchev–Trinajstić information content (AvgIpc) is 2.91. The topological polar surface area (TPSA) is 58.7 Å². The first kappa shape index (κ1) is 15.3. The highest BCUT2D eigenvalue weighted by Crippen LogP contribution is 2.18. The number of rotatable bonds is 4. The van der Waals surface area contributed by atoms with Crippen LogP contribution in [0.5, 0.6) is 0 Å². The van der Waals surface area contributed by atoms with Gasteiger partial charge < -0.3 is 0 Å². The predicted molar refractivity (Wildman–Crippen MR) is 92.4 cm³/mol. The van der Waals surface area contributed by atoms with Crippen LogP contribution in [0.4, 0.5) is 0 Å². The first-order chi connectivity index (χ1) is 11.2. The number of hydrogen-bond donors (Lipinski definition) is 0. The SMILES string of the molecule is Cc1nc2ccccc2n1C(=O)CSCc1ccc(C#N)cc1. The van der Waals surface area contributed by atoms with Gasteiger partial charge in [0.25, 0.3) is 0 Å². The van der Waals surface area contributed by atoms with Crippen molar-refractivity contribution in [1.82, 2.24) is 9.55 Å². The van der Waals surface area contributed by atoms with Crippen molar-refractivity contribution in [1.29, 1.82) is 5.26 Å². The van der Waals surface area contributed by atoms with E-state index < -0.39 is 0 Å². The minimum Gasteiger partial charge on any atom is -0.273 e. The molecule has 2 aromatic carbocycles. The van der Waals surface area contributed by atoms with E-state index in [1.54, 1.807) is 28.5 Å². The minimum atomic E-state index is 0.0369. The molecule has 0 aliphatic heterocycles. The summed E-state index contributed by atoms with van der Waals surface area (Å²) in [7, 11) is 0. The fourth-order valence-electron chi connectivity index (χ4n) is 2.46. The molecule has 1 heterocycles. The van der Waals surface area contributed by atoms with E-state index >= 15 is 0 Å². The summed E-state index contributed by atoms with van der Waals surface area (Å²) in [6.07, 6.45) is 0. The second-order valence-electron chi connectivity index (χ2n) is 5.18. The van der Waals surface area contributed by atoms with E-state index in [2.05, 4.69) is 11.1 Å². The van der Waals surface area contributed by atoms with E-state index in [9.17, 15) is 4.79 Å². The Morgan fingerprint density at radius 1 is 1.22 bits per heavy atom. The van der Waals surface area contributed by atoms with Gasteiger partial charge >= 0.3 is 0 Å². The summed E-state index contributed by atoms with van der Waals surface area (Å²) in [6, 6.07) is 17.2. The second kappa shape index (κ2) is 6.67. The maximum Gasteiger partial charge on any atom is 0.242 e. The molecule has 0 saturated carbocycles. The van der Waals surface area contributed by atoms with Gasteiger partial charge in [0.1, 0.15) is 5.82 Å². The van der Waals surface area contributed by atoms with Crippen molar-refractivity contribution >= 4 is 28.7 Å². The molecule has 0 aliphatic rings. The Labute approximate surface area is 138 Å². The molecule has 0 atom stereocenters. The van der Waals surface area contributed by atoms with Crippen LogP contribution in [0.15, 0.2) is 48.5 Å². The van der Waals surface area contributed by atoms with Crippen molar-refractivity contribution in [2.24, 2.45) is 0 Å². The molecule has 0 aliphatic carbocycles. The van der Waals surface area contributed by atoms with Crippen LogP contribution < -0.4 is 0 Å². The number of hydrogen-bond acceptors (Lipinski definition) is 4. The van der Waals surface area contributed by atoms with Crippen LogP contribution in [-0.2, 0) is 5.75 Å². The van der Waals surface area contributed by atoms with Gasteiger partial charge in [0.2, 0.25) is 5.91 Å². The van der Waals surface area contributed by atoms with Gasteiger partial charge in [-0.2, -0.15) is 5.26 Å². The lowest BCUT2D eigenvalue weighted by Crippen LogP contribution is -2.14. The summed E-state index contributed by atoms with van der Waals surface area (Å²) < 4.78 is 1.68. The quantitative estimate of drug-likeness (QED) is 0.733. The molecule has 0 bridgehead atoms. The van der Waals surface area contributed by atoms with Crippen molar-refractivity contribution in [2.45, 2.75) is 12.7 Å². The molecule has 0 unspecified atom stereocenters. The largest absolute Gasteiger partial charge is 0.273 e. The lowest BCUT2D eigenvalue weighted by atomic mass is 10.2. The predicted octanol–water partition coefficient (Wildman–Crippen LogP) is 3.79. The molecule has 0 radical (unpaired) electrons.